The van der Waals surface area contributed by atoms with Gasteiger partial charge in [0.25, 0.3) is 5.88 Å². The highest BCUT2D eigenvalue weighted by molar-refractivity contribution is 5.49. The van der Waals surface area contributed by atoms with Crippen molar-refractivity contribution in [3.8, 4) is 5.88 Å². The van der Waals surface area contributed by atoms with E-state index in [1.54, 1.807) is 0 Å². The summed E-state index contributed by atoms with van der Waals surface area (Å²) in [5.74, 6) is 0.394. The van der Waals surface area contributed by atoms with Crippen LogP contribution in [0, 0.1) is 0 Å². The highest BCUT2D eigenvalue weighted by Crippen LogP contribution is 2.09. The van der Waals surface area contributed by atoms with Gasteiger partial charge in [-0.05, 0) is 5.16 Å². The molecule has 0 fully saturated rings. The molecule has 0 amide bonds. The molecular formula is C6H7NO3. The molecule has 0 aromatic carbocycles. The quantitative estimate of drug-likeness (QED) is 0.623. The molecule has 1 N–H and O–H groups in total. The Morgan fingerprint density at radius 3 is 3.10 bits per heavy atom. The topological polar surface area (TPSA) is 63.3 Å². The molecule has 0 aliphatic rings. The SMILES string of the molecule is O=CCCc1cc(O)no1. The predicted octanol–water partition coefficient (Wildman–Crippen LogP) is 0.512. The average molecular weight is 141 g/mol. The van der Waals surface area contributed by atoms with Crippen molar-refractivity contribution in [2.45, 2.75) is 12.8 Å². The number of aryl methyl sites for hydroxylation is 1. The molecule has 10 heavy (non-hydrogen) atoms. The van der Waals surface area contributed by atoms with Gasteiger partial charge in [-0.15, -0.1) is 0 Å². The normalized spacial score (nSPS) is 9.60. The van der Waals surface area contributed by atoms with Gasteiger partial charge in [-0.25, -0.2) is 0 Å². The molecule has 0 saturated carbocycles. The first-order chi connectivity index (χ1) is 4.83. The molecule has 0 spiro atoms. The lowest BCUT2D eigenvalue weighted by Crippen LogP contribution is -1.80. The largest absolute Gasteiger partial charge is 0.491 e. The second-order valence-corrected chi connectivity index (χ2v) is 1.86. The van der Waals surface area contributed by atoms with Gasteiger partial charge in [0.1, 0.15) is 12.0 Å². The smallest absolute Gasteiger partial charge is 0.251 e. The second-order valence-electron chi connectivity index (χ2n) is 1.86. The summed E-state index contributed by atoms with van der Waals surface area (Å²) in [5.41, 5.74) is 0. The van der Waals surface area contributed by atoms with E-state index in [2.05, 4.69) is 9.68 Å². The maximum absolute atomic E-state index is 9.86. The first kappa shape index (κ1) is 6.80. The van der Waals surface area contributed by atoms with E-state index in [0.29, 0.717) is 18.6 Å². The van der Waals surface area contributed by atoms with Crippen LogP contribution in [-0.4, -0.2) is 16.5 Å². The number of aromatic hydroxyl groups is 1. The van der Waals surface area contributed by atoms with Gasteiger partial charge >= 0.3 is 0 Å². The van der Waals surface area contributed by atoms with E-state index >= 15 is 0 Å². The summed E-state index contributed by atoms with van der Waals surface area (Å²) in [5, 5.41) is 11.9. The molecule has 4 nitrogen and oxygen atoms in total. The van der Waals surface area contributed by atoms with Gasteiger partial charge < -0.3 is 14.4 Å². The molecule has 0 aliphatic carbocycles. The van der Waals surface area contributed by atoms with E-state index < -0.39 is 0 Å². The third-order valence-electron chi connectivity index (χ3n) is 1.06. The molecule has 0 atom stereocenters. The molecule has 0 aliphatic heterocycles. The number of carbonyl (C=O) groups excluding carboxylic acids is 1. The average Bonchev–Trinajstić information content (AvgIpc) is 2.31. The summed E-state index contributed by atoms with van der Waals surface area (Å²) in [7, 11) is 0. The number of aldehydes is 1. The van der Waals surface area contributed by atoms with E-state index in [-0.39, 0.29) is 5.88 Å². The van der Waals surface area contributed by atoms with Crippen LogP contribution >= 0.6 is 0 Å². The number of hydrogen-bond donors (Lipinski definition) is 1. The lowest BCUT2D eigenvalue weighted by molar-refractivity contribution is -0.107. The number of nitrogens with zero attached hydrogens (tertiary/aromatic N) is 1. The van der Waals surface area contributed by atoms with Gasteiger partial charge in [-0.3, -0.25) is 0 Å². The van der Waals surface area contributed by atoms with Crippen molar-refractivity contribution in [2.75, 3.05) is 0 Å². The Bertz CT molecular complexity index is 219. The lowest BCUT2D eigenvalue weighted by atomic mass is 10.3. The molecular weight excluding hydrogens is 134 g/mol. The van der Waals surface area contributed by atoms with E-state index in [1.165, 1.54) is 6.07 Å². The summed E-state index contributed by atoms with van der Waals surface area (Å²) in [6.07, 6.45) is 1.69. The van der Waals surface area contributed by atoms with Gasteiger partial charge in [0, 0.05) is 18.9 Å². The maximum Gasteiger partial charge on any atom is 0.251 e. The van der Waals surface area contributed by atoms with Crippen LogP contribution in [-0.2, 0) is 11.2 Å². The van der Waals surface area contributed by atoms with E-state index in [4.69, 9.17) is 5.11 Å². The number of rotatable bonds is 3. The molecule has 0 saturated heterocycles. The highest BCUT2D eigenvalue weighted by atomic mass is 16.5. The van der Waals surface area contributed by atoms with E-state index in [9.17, 15) is 4.79 Å². The standard InChI is InChI=1S/C6H7NO3/c8-3-1-2-5-4-6(9)7-10-5/h3-4H,1-2H2,(H,7,9). The van der Waals surface area contributed by atoms with E-state index in [1.807, 2.05) is 0 Å². The van der Waals surface area contributed by atoms with Crippen molar-refractivity contribution in [1.29, 1.82) is 0 Å². The minimum Gasteiger partial charge on any atom is -0.491 e. The third-order valence-corrected chi connectivity index (χ3v) is 1.06. The van der Waals surface area contributed by atoms with Crippen LogP contribution in [0.5, 0.6) is 5.88 Å². The van der Waals surface area contributed by atoms with Crippen molar-refractivity contribution in [3.63, 3.8) is 0 Å². The summed E-state index contributed by atoms with van der Waals surface area (Å²) >= 11 is 0. The number of hydrogen-bond acceptors (Lipinski definition) is 4. The zero-order valence-electron chi connectivity index (χ0n) is 5.28. The van der Waals surface area contributed by atoms with Crippen LogP contribution in [0.3, 0.4) is 0 Å². The molecule has 54 valence electrons. The summed E-state index contributed by atoms with van der Waals surface area (Å²) < 4.78 is 4.61. The zero-order chi connectivity index (χ0) is 7.40. The molecule has 1 heterocycles. The summed E-state index contributed by atoms with van der Waals surface area (Å²) in [6.45, 7) is 0. The van der Waals surface area contributed by atoms with Gasteiger partial charge in [-0.1, -0.05) is 0 Å². The number of aromatic nitrogens is 1. The molecule has 0 bridgehead atoms. The Morgan fingerprint density at radius 2 is 2.60 bits per heavy atom. The van der Waals surface area contributed by atoms with Crippen LogP contribution in [0.15, 0.2) is 10.6 Å². The van der Waals surface area contributed by atoms with Crippen molar-refractivity contribution in [3.05, 3.63) is 11.8 Å². The monoisotopic (exact) mass is 141 g/mol. The van der Waals surface area contributed by atoms with E-state index in [0.717, 1.165) is 6.29 Å². The van der Waals surface area contributed by atoms with Crippen molar-refractivity contribution in [1.82, 2.24) is 5.16 Å². The minimum absolute atomic E-state index is 0.138. The van der Waals surface area contributed by atoms with Gasteiger partial charge in [0.15, 0.2) is 0 Å². The zero-order valence-corrected chi connectivity index (χ0v) is 5.28. The molecule has 1 aromatic rings. The van der Waals surface area contributed by atoms with Crippen molar-refractivity contribution >= 4 is 6.29 Å². The maximum atomic E-state index is 9.86. The van der Waals surface area contributed by atoms with Crippen molar-refractivity contribution in [2.24, 2.45) is 0 Å². The van der Waals surface area contributed by atoms with Crippen LogP contribution in [0.2, 0.25) is 0 Å². The van der Waals surface area contributed by atoms with Gasteiger partial charge in [0.05, 0.1) is 0 Å². The minimum atomic E-state index is -0.138. The third kappa shape index (κ3) is 1.58. The fraction of sp³-hybridized carbons (Fsp3) is 0.333. The molecule has 0 unspecified atom stereocenters. The first-order valence-electron chi connectivity index (χ1n) is 2.91. The predicted molar refractivity (Wildman–Crippen MR) is 32.6 cm³/mol. The van der Waals surface area contributed by atoms with Gasteiger partial charge in [-0.2, -0.15) is 0 Å². The Kier molecular flexibility index (Phi) is 2.04. The Labute approximate surface area is 57.4 Å². The van der Waals surface area contributed by atoms with Gasteiger partial charge in [0.2, 0.25) is 0 Å². The second kappa shape index (κ2) is 3.00. The molecule has 1 rings (SSSR count). The van der Waals surface area contributed by atoms with Crippen LogP contribution in [0.4, 0.5) is 0 Å². The Balaban J connectivity index is 2.49. The van der Waals surface area contributed by atoms with Crippen LogP contribution in [0.25, 0.3) is 0 Å². The molecule has 1 aromatic heterocycles. The Morgan fingerprint density at radius 1 is 1.80 bits per heavy atom. The van der Waals surface area contributed by atoms with Crippen LogP contribution in [0.1, 0.15) is 12.2 Å². The fourth-order valence-electron chi connectivity index (χ4n) is 0.621. The summed E-state index contributed by atoms with van der Waals surface area (Å²) in [6, 6.07) is 1.39. The summed E-state index contributed by atoms with van der Waals surface area (Å²) in [4.78, 5) is 9.86. The first-order valence-corrected chi connectivity index (χ1v) is 2.91. The molecule has 0 radical (unpaired) electrons. The Hall–Kier alpha value is -1.32. The van der Waals surface area contributed by atoms with Crippen molar-refractivity contribution < 1.29 is 14.4 Å². The fourth-order valence-corrected chi connectivity index (χ4v) is 0.621. The lowest BCUT2D eigenvalue weighted by Gasteiger charge is -1.82. The van der Waals surface area contributed by atoms with Crippen LogP contribution < -0.4 is 0 Å². The highest BCUT2D eigenvalue weighted by Gasteiger charge is 1.99. The molecule has 4 heteroatoms. The number of carbonyl (C=O) groups is 1.